The number of carbonyl (C=O) groups is 1. The first-order valence-corrected chi connectivity index (χ1v) is 7.89. The molecule has 1 saturated heterocycles. The second kappa shape index (κ2) is 6.11. The number of pyridine rings is 1. The highest BCUT2D eigenvalue weighted by Crippen LogP contribution is 2.47. The Bertz CT molecular complexity index is 557. The zero-order valence-corrected chi connectivity index (χ0v) is 12.8. The lowest BCUT2D eigenvalue weighted by atomic mass is 9.97. The van der Waals surface area contributed by atoms with Crippen molar-refractivity contribution in [2.75, 3.05) is 19.6 Å². The van der Waals surface area contributed by atoms with E-state index in [1.165, 1.54) is 4.90 Å². The molecule has 1 atom stereocenters. The SMILES string of the molecule is O=C(NCC1(c2ccncc2)CC1)C1CCCN1CC(F)(F)F. The second-order valence-corrected chi connectivity index (χ2v) is 6.48. The van der Waals surface area contributed by atoms with E-state index in [1.807, 2.05) is 12.1 Å². The van der Waals surface area contributed by atoms with Crippen LogP contribution in [0.4, 0.5) is 13.2 Å². The van der Waals surface area contributed by atoms with Gasteiger partial charge in [-0.15, -0.1) is 0 Å². The van der Waals surface area contributed by atoms with Crippen LogP contribution in [-0.2, 0) is 10.2 Å². The minimum atomic E-state index is -4.27. The molecule has 1 unspecified atom stereocenters. The fourth-order valence-corrected chi connectivity index (χ4v) is 3.34. The molecule has 4 nitrogen and oxygen atoms in total. The Morgan fingerprint density at radius 2 is 2.04 bits per heavy atom. The van der Waals surface area contributed by atoms with Crippen LogP contribution in [0.2, 0.25) is 0 Å². The summed E-state index contributed by atoms with van der Waals surface area (Å²) in [5.74, 6) is -0.285. The molecule has 2 fully saturated rings. The predicted molar refractivity (Wildman–Crippen MR) is 78.8 cm³/mol. The van der Waals surface area contributed by atoms with Crippen molar-refractivity contribution in [2.45, 2.75) is 43.3 Å². The Hall–Kier alpha value is -1.63. The smallest absolute Gasteiger partial charge is 0.354 e. The van der Waals surface area contributed by atoms with E-state index in [2.05, 4.69) is 10.3 Å². The van der Waals surface area contributed by atoms with E-state index in [0.29, 0.717) is 25.9 Å². The summed E-state index contributed by atoms with van der Waals surface area (Å²) in [6, 6.07) is 3.21. The van der Waals surface area contributed by atoms with Gasteiger partial charge in [0.2, 0.25) is 5.91 Å². The van der Waals surface area contributed by atoms with Gasteiger partial charge in [-0.3, -0.25) is 14.7 Å². The standard InChI is InChI=1S/C16H20F3N3O/c17-16(18,19)11-22-9-1-2-13(22)14(23)21-10-15(5-6-15)12-3-7-20-8-4-12/h3-4,7-8,13H,1-2,5-6,9-11H2,(H,21,23). The molecule has 0 spiro atoms. The lowest BCUT2D eigenvalue weighted by molar-refractivity contribution is -0.151. The third kappa shape index (κ3) is 3.83. The number of rotatable bonds is 5. The van der Waals surface area contributed by atoms with E-state index in [-0.39, 0.29) is 11.3 Å². The number of nitrogens with one attached hydrogen (secondary N) is 1. The molecule has 3 rings (SSSR count). The maximum Gasteiger partial charge on any atom is 0.401 e. The van der Waals surface area contributed by atoms with Crippen LogP contribution in [0.1, 0.15) is 31.2 Å². The van der Waals surface area contributed by atoms with E-state index >= 15 is 0 Å². The number of alkyl halides is 3. The van der Waals surface area contributed by atoms with Crippen LogP contribution in [0.3, 0.4) is 0 Å². The third-order valence-electron chi connectivity index (χ3n) is 4.80. The van der Waals surface area contributed by atoms with Crippen LogP contribution < -0.4 is 5.32 Å². The summed E-state index contributed by atoms with van der Waals surface area (Å²) in [6.07, 6.45) is 2.26. The lowest BCUT2D eigenvalue weighted by Crippen LogP contribution is -2.48. The summed E-state index contributed by atoms with van der Waals surface area (Å²) in [5.41, 5.74) is 1.07. The summed E-state index contributed by atoms with van der Waals surface area (Å²) >= 11 is 0. The molecule has 1 aliphatic carbocycles. The van der Waals surface area contributed by atoms with Gasteiger partial charge in [0.1, 0.15) is 0 Å². The Morgan fingerprint density at radius 3 is 2.65 bits per heavy atom. The predicted octanol–water partition coefficient (Wildman–Crippen LogP) is 2.26. The van der Waals surface area contributed by atoms with Gasteiger partial charge in [-0.1, -0.05) is 0 Å². The maximum atomic E-state index is 12.6. The van der Waals surface area contributed by atoms with Crippen molar-refractivity contribution in [3.63, 3.8) is 0 Å². The van der Waals surface area contributed by atoms with Gasteiger partial charge in [0.05, 0.1) is 12.6 Å². The molecule has 1 amide bonds. The van der Waals surface area contributed by atoms with Gasteiger partial charge in [0, 0.05) is 24.4 Å². The number of carbonyl (C=O) groups excluding carboxylic acids is 1. The zero-order chi connectivity index (χ0) is 16.5. The molecular weight excluding hydrogens is 307 g/mol. The molecule has 1 saturated carbocycles. The van der Waals surface area contributed by atoms with Gasteiger partial charge in [-0.25, -0.2) is 0 Å². The summed E-state index contributed by atoms with van der Waals surface area (Å²) in [5, 5.41) is 2.87. The summed E-state index contributed by atoms with van der Waals surface area (Å²) in [4.78, 5) is 17.5. The fraction of sp³-hybridized carbons (Fsp3) is 0.625. The van der Waals surface area contributed by atoms with Crippen LogP contribution in [-0.4, -0.2) is 47.6 Å². The normalized spacial score (nSPS) is 23.7. The van der Waals surface area contributed by atoms with Crippen molar-refractivity contribution < 1.29 is 18.0 Å². The van der Waals surface area contributed by atoms with Crippen LogP contribution in [0, 0.1) is 0 Å². The van der Waals surface area contributed by atoms with Gasteiger partial charge in [-0.05, 0) is 49.9 Å². The quantitative estimate of drug-likeness (QED) is 0.902. The Kier molecular flexibility index (Phi) is 4.31. The third-order valence-corrected chi connectivity index (χ3v) is 4.80. The van der Waals surface area contributed by atoms with Gasteiger partial charge < -0.3 is 5.32 Å². The lowest BCUT2D eigenvalue weighted by Gasteiger charge is -2.25. The van der Waals surface area contributed by atoms with Crippen molar-refractivity contribution in [3.8, 4) is 0 Å². The molecule has 1 aromatic rings. The average Bonchev–Trinajstić information content (AvgIpc) is 3.17. The molecule has 0 radical (unpaired) electrons. The molecule has 1 aromatic heterocycles. The molecule has 1 aliphatic heterocycles. The number of hydrogen-bond acceptors (Lipinski definition) is 3. The molecule has 0 aromatic carbocycles. The van der Waals surface area contributed by atoms with E-state index in [0.717, 1.165) is 18.4 Å². The van der Waals surface area contributed by atoms with Crippen molar-refractivity contribution in [2.24, 2.45) is 0 Å². The van der Waals surface area contributed by atoms with E-state index < -0.39 is 18.8 Å². The van der Waals surface area contributed by atoms with Gasteiger partial charge in [0.15, 0.2) is 0 Å². The Labute approximate surface area is 133 Å². The first-order chi connectivity index (χ1) is 10.9. The summed E-state index contributed by atoms with van der Waals surface area (Å²) < 4.78 is 37.7. The summed E-state index contributed by atoms with van der Waals surface area (Å²) in [6.45, 7) is -0.208. The summed E-state index contributed by atoms with van der Waals surface area (Å²) in [7, 11) is 0. The minimum Gasteiger partial charge on any atom is -0.354 e. The van der Waals surface area contributed by atoms with E-state index in [4.69, 9.17) is 0 Å². The zero-order valence-electron chi connectivity index (χ0n) is 12.8. The van der Waals surface area contributed by atoms with Crippen LogP contribution in [0.5, 0.6) is 0 Å². The highest BCUT2D eigenvalue weighted by Gasteiger charge is 2.45. The van der Waals surface area contributed by atoms with Crippen molar-refractivity contribution >= 4 is 5.91 Å². The van der Waals surface area contributed by atoms with Crippen molar-refractivity contribution in [3.05, 3.63) is 30.1 Å². The molecule has 7 heteroatoms. The molecule has 0 bridgehead atoms. The van der Waals surface area contributed by atoms with Gasteiger partial charge >= 0.3 is 6.18 Å². The van der Waals surface area contributed by atoms with Gasteiger partial charge in [-0.2, -0.15) is 13.2 Å². The minimum absolute atomic E-state index is 0.0634. The molecule has 23 heavy (non-hydrogen) atoms. The first kappa shape index (κ1) is 16.2. The topological polar surface area (TPSA) is 45.2 Å². The van der Waals surface area contributed by atoms with Crippen LogP contribution in [0.25, 0.3) is 0 Å². The molecule has 1 N–H and O–H groups in total. The number of likely N-dealkylation sites (tertiary alicyclic amines) is 1. The van der Waals surface area contributed by atoms with Crippen molar-refractivity contribution in [1.29, 1.82) is 0 Å². The van der Waals surface area contributed by atoms with Gasteiger partial charge in [0.25, 0.3) is 0 Å². The van der Waals surface area contributed by atoms with Crippen LogP contribution in [0.15, 0.2) is 24.5 Å². The monoisotopic (exact) mass is 327 g/mol. The maximum absolute atomic E-state index is 12.6. The number of halogens is 3. The Balaban J connectivity index is 1.57. The highest BCUT2D eigenvalue weighted by atomic mass is 19.4. The first-order valence-electron chi connectivity index (χ1n) is 7.89. The average molecular weight is 327 g/mol. The molecule has 2 aliphatic rings. The van der Waals surface area contributed by atoms with E-state index in [1.54, 1.807) is 12.4 Å². The van der Waals surface area contributed by atoms with Crippen molar-refractivity contribution in [1.82, 2.24) is 15.2 Å². The number of amides is 1. The molecule has 126 valence electrons. The van der Waals surface area contributed by atoms with Crippen LogP contribution >= 0.6 is 0 Å². The Morgan fingerprint density at radius 1 is 1.35 bits per heavy atom. The molecule has 2 heterocycles. The number of aromatic nitrogens is 1. The molecular formula is C16H20F3N3O. The second-order valence-electron chi connectivity index (χ2n) is 6.48. The van der Waals surface area contributed by atoms with E-state index in [9.17, 15) is 18.0 Å². The number of nitrogens with zero attached hydrogens (tertiary/aromatic N) is 2. The fourth-order valence-electron chi connectivity index (χ4n) is 3.34. The largest absolute Gasteiger partial charge is 0.401 e. The highest BCUT2D eigenvalue weighted by molar-refractivity contribution is 5.82. The number of hydrogen-bond donors (Lipinski definition) is 1.